The Kier molecular flexibility index (Phi) is 6.63. The van der Waals surface area contributed by atoms with Crippen molar-refractivity contribution >= 4 is 28.3 Å². The van der Waals surface area contributed by atoms with Gasteiger partial charge in [0.05, 0.1) is 6.54 Å². The highest BCUT2D eigenvalue weighted by Crippen LogP contribution is 2.25. The number of nitrogens with zero attached hydrogens (tertiary/aromatic N) is 3. The zero-order valence-electron chi connectivity index (χ0n) is 19.0. The minimum atomic E-state index is -0.145. The number of carbonyl (C=O) groups excluding carboxylic acids is 1. The Bertz CT molecular complexity index is 1310. The van der Waals surface area contributed by atoms with Crippen molar-refractivity contribution in [1.82, 2.24) is 20.0 Å². The van der Waals surface area contributed by atoms with Crippen LogP contribution in [0.15, 0.2) is 66.7 Å². The molecule has 6 nitrogen and oxygen atoms in total. The zero-order chi connectivity index (χ0) is 23.5. The van der Waals surface area contributed by atoms with E-state index in [0.29, 0.717) is 31.9 Å². The first-order valence-electron chi connectivity index (χ1n) is 11.6. The molecule has 0 atom stereocenters. The molecule has 0 unspecified atom stereocenters. The van der Waals surface area contributed by atoms with Gasteiger partial charge in [0, 0.05) is 55.4 Å². The lowest BCUT2D eigenvalue weighted by molar-refractivity contribution is 0.0943. The SMILES string of the molecule is NCCn1nc(C(=O)NCc2cccc3ccccc23)c2c1CCN(Cc1ccc(Cl)cc1)C2. The molecule has 5 rings (SSSR count). The molecule has 4 aromatic rings. The van der Waals surface area contributed by atoms with E-state index in [9.17, 15) is 4.79 Å². The molecule has 174 valence electrons. The van der Waals surface area contributed by atoms with Crippen molar-refractivity contribution in [2.75, 3.05) is 13.1 Å². The molecule has 1 aliphatic rings. The molecule has 0 radical (unpaired) electrons. The van der Waals surface area contributed by atoms with Crippen molar-refractivity contribution < 1.29 is 4.79 Å². The second-order valence-electron chi connectivity index (χ2n) is 8.69. The van der Waals surface area contributed by atoms with Crippen molar-refractivity contribution in [3.05, 3.63) is 99.8 Å². The number of fused-ring (bicyclic) bond motifs is 2. The number of amides is 1. The number of aromatic nitrogens is 2. The summed E-state index contributed by atoms with van der Waals surface area (Å²) in [4.78, 5) is 15.6. The van der Waals surface area contributed by atoms with Gasteiger partial charge in [-0.15, -0.1) is 0 Å². The van der Waals surface area contributed by atoms with Gasteiger partial charge in [-0.1, -0.05) is 66.2 Å². The van der Waals surface area contributed by atoms with E-state index in [-0.39, 0.29) is 5.91 Å². The van der Waals surface area contributed by atoms with Crippen LogP contribution in [0, 0.1) is 0 Å². The van der Waals surface area contributed by atoms with E-state index in [1.165, 1.54) is 5.56 Å². The molecule has 0 aliphatic carbocycles. The number of hydrogen-bond acceptors (Lipinski definition) is 4. The Morgan fingerprint density at radius 2 is 1.85 bits per heavy atom. The monoisotopic (exact) mass is 473 g/mol. The summed E-state index contributed by atoms with van der Waals surface area (Å²) >= 11 is 6.04. The number of nitrogens with two attached hydrogens (primary N) is 1. The van der Waals surface area contributed by atoms with Crippen LogP contribution >= 0.6 is 11.6 Å². The zero-order valence-corrected chi connectivity index (χ0v) is 19.8. The summed E-state index contributed by atoms with van der Waals surface area (Å²) in [6.45, 7) is 3.93. The fraction of sp³-hybridized carbons (Fsp3) is 0.259. The van der Waals surface area contributed by atoms with Gasteiger partial charge in [-0.2, -0.15) is 5.10 Å². The summed E-state index contributed by atoms with van der Waals surface area (Å²) in [6.07, 6.45) is 0.840. The second kappa shape index (κ2) is 9.97. The van der Waals surface area contributed by atoms with E-state index in [1.54, 1.807) is 0 Å². The summed E-state index contributed by atoms with van der Waals surface area (Å²) in [5.41, 5.74) is 10.7. The van der Waals surface area contributed by atoms with E-state index in [0.717, 1.165) is 52.1 Å². The molecule has 0 saturated carbocycles. The average Bonchev–Trinajstić information content (AvgIpc) is 3.22. The molecule has 0 bridgehead atoms. The lowest BCUT2D eigenvalue weighted by Gasteiger charge is -2.27. The van der Waals surface area contributed by atoms with E-state index in [2.05, 4.69) is 39.6 Å². The van der Waals surface area contributed by atoms with Crippen LogP contribution in [-0.2, 0) is 32.6 Å². The van der Waals surface area contributed by atoms with E-state index < -0.39 is 0 Å². The quantitative estimate of drug-likeness (QED) is 0.423. The molecule has 0 saturated heterocycles. The van der Waals surface area contributed by atoms with Crippen molar-refractivity contribution in [2.24, 2.45) is 5.73 Å². The highest BCUT2D eigenvalue weighted by molar-refractivity contribution is 6.30. The number of rotatable bonds is 7. The Morgan fingerprint density at radius 1 is 1.06 bits per heavy atom. The second-order valence-corrected chi connectivity index (χ2v) is 9.13. The highest BCUT2D eigenvalue weighted by atomic mass is 35.5. The molecule has 2 heterocycles. The fourth-order valence-corrected chi connectivity index (χ4v) is 4.85. The van der Waals surface area contributed by atoms with Crippen LogP contribution in [0.25, 0.3) is 10.8 Å². The van der Waals surface area contributed by atoms with E-state index in [4.69, 9.17) is 17.3 Å². The molecule has 0 spiro atoms. The van der Waals surface area contributed by atoms with Gasteiger partial charge in [-0.3, -0.25) is 14.4 Å². The fourth-order valence-electron chi connectivity index (χ4n) is 4.73. The molecular weight excluding hydrogens is 446 g/mol. The van der Waals surface area contributed by atoms with Crippen LogP contribution in [-0.4, -0.2) is 33.7 Å². The highest BCUT2D eigenvalue weighted by Gasteiger charge is 2.28. The van der Waals surface area contributed by atoms with Gasteiger partial charge in [0.15, 0.2) is 5.69 Å². The lowest BCUT2D eigenvalue weighted by atomic mass is 10.0. The summed E-state index contributed by atoms with van der Waals surface area (Å²) in [7, 11) is 0. The van der Waals surface area contributed by atoms with Crippen LogP contribution in [0.5, 0.6) is 0 Å². The lowest BCUT2D eigenvalue weighted by Crippen LogP contribution is -2.32. The van der Waals surface area contributed by atoms with Crippen LogP contribution < -0.4 is 11.1 Å². The molecule has 7 heteroatoms. The number of hydrogen-bond donors (Lipinski definition) is 2. The Morgan fingerprint density at radius 3 is 2.68 bits per heavy atom. The minimum Gasteiger partial charge on any atom is -0.347 e. The van der Waals surface area contributed by atoms with Crippen LogP contribution in [0.2, 0.25) is 5.02 Å². The maximum Gasteiger partial charge on any atom is 0.272 e. The van der Waals surface area contributed by atoms with Crippen molar-refractivity contribution in [2.45, 2.75) is 32.6 Å². The number of halogens is 1. The van der Waals surface area contributed by atoms with Gasteiger partial charge in [0.2, 0.25) is 0 Å². The Labute approximate surface area is 204 Å². The molecule has 0 fully saturated rings. The van der Waals surface area contributed by atoms with Crippen molar-refractivity contribution in [1.29, 1.82) is 0 Å². The van der Waals surface area contributed by atoms with Gasteiger partial charge >= 0.3 is 0 Å². The predicted octanol–water partition coefficient (Wildman–Crippen LogP) is 4.14. The van der Waals surface area contributed by atoms with Crippen molar-refractivity contribution in [3.63, 3.8) is 0 Å². The molecule has 3 N–H and O–H groups in total. The summed E-state index contributed by atoms with van der Waals surface area (Å²) in [6, 6.07) is 22.3. The third kappa shape index (κ3) is 4.71. The summed E-state index contributed by atoms with van der Waals surface area (Å²) in [5, 5.41) is 10.8. The van der Waals surface area contributed by atoms with Gasteiger partial charge < -0.3 is 11.1 Å². The molecule has 34 heavy (non-hydrogen) atoms. The maximum atomic E-state index is 13.3. The molecule has 1 aliphatic heterocycles. The van der Waals surface area contributed by atoms with E-state index >= 15 is 0 Å². The van der Waals surface area contributed by atoms with Crippen LogP contribution in [0.3, 0.4) is 0 Å². The third-order valence-corrected chi connectivity index (χ3v) is 6.66. The van der Waals surface area contributed by atoms with Crippen molar-refractivity contribution in [3.8, 4) is 0 Å². The molecule has 1 amide bonds. The predicted molar refractivity (Wildman–Crippen MR) is 136 cm³/mol. The standard InChI is InChI=1S/C27H28ClN5O/c28-22-10-8-19(9-11-22)17-32-14-12-25-24(18-32)26(31-33(25)15-13-29)27(34)30-16-21-6-3-5-20-4-1-2-7-23(20)21/h1-11H,12-18,29H2,(H,30,34). The first-order chi connectivity index (χ1) is 16.6. The average molecular weight is 474 g/mol. The van der Waals surface area contributed by atoms with Crippen LogP contribution in [0.4, 0.5) is 0 Å². The van der Waals surface area contributed by atoms with Gasteiger partial charge in [-0.25, -0.2) is 0 Å². The molecular formula is C27H28ClN5O. The van der Waals surface area contributed by atoms with Gasteiger partial charge in [0.25, 0.3) is 5.91 Å². The number of carbonyl (C=O) groups is 1. The van der Waals surface area contributed by atoms with Gasteiger partial charge in [0.1, 0.15) is 0 Å². The van der Waals surface area contributed by atoms with E-state index in [1.807, 2.05) is 47.1 Å². The van der Waals surface area contributed by atoms with Gasteiger partial charge in [-0.05, 0) is 34.0 Å². The normalized spacial score (nSPS) is 13.7. The topological polar surface area (TPSA) is 76.2 Å². The van der Waals surface area contributed by atoms with Crippen LogP contribution in [0.1, 0.15) is 32.9 Å². The smallest absolute Gasteiger partial charge is 0.272 e. The Hall–Kier alpha value is -3.19. The first kappa shape index (κ1) is 22.6. The number of benzene rings is 3. The summed E-state index contributed by atoms with van der Waals surface area (Å²) < 4.78 is 1.92. The third-order valence-electron chi connectivity index (χ3n) is 6.41. The maximum absolute atomic E-state index is 13.3. The first-order valence-corrected chi connectivity index (χ1v) is 12.0. The minimum absolute atomic E-state index is 0.145. The summed E-state index contributed by atoms with van der Waals surface area (Å²) in [5.74, 6) is -0.145. The number of nitrogens with one attached hydrogen (secondary N) is 1. The Balaban J connectivity index is 1.36. The molecule has 3 aromatic carbocycles. The molecule has 1 aromatic heterocycles. The largest absolute Gasteiger partial charge is 0.347 e.